The molecule has 0 aliphatic carbocycles. The van der Waals surface area contributed by atoms with Crippen molar-refractivity contribution in [1.82, 2.24) is 5.32 Å². The SMILES string of the molecule is COc1ccccc1CN=C(N)NCC1CCCS(=O)(=O)C1. The minimum atomic E-state index is -2.88. The van der Waals surface area contributed by atoms with Gasteiger partial charge in [0.1, 0.15) is 5.75 Å². The van der Waals surface area contributed by atoms with E-state index in [9.17, 15) is 8.42 Å². The lowest BCUT2D eigenvalue weighted by Crippen LogP contribution is -2.39. The van der Waals surface area contributed by atoms with Crippen LogP contribution in [0.2, 0.25) is 0 Å². The molecule has 1 fully saturated rings. The van der Waals surface area contributed by atoms with E-state index in [-0.39, 0.29) is 11.7 Å². The van der Waals surface area contributed by atoms with Gasteiger partial charge in [-0.1, -0.05) is 18.2 Å². The van der Waals surface area contributed by atoms with Crippen LogP contribution < -0.4 is 15.8 Å². The molecule has 0 bridgehead atoms. The molecule has 1 aromatic rings. The van der Waals surface area contributed by atoms with Crippen LogP contribution in [0.5, 0.6) is 5.75 Å². The van der Waals surface area contributed by atoms with E-state index in [2.05, 4.69) is 10.3 Å². The molecular formula is C15H23N3O3S. The minimum absolute atomic E-state index is 0.110. The Morgan fingerprint density at radius 3 is 2.95 bits per heavy atom. The van der Waals surface area contributed by atoms with E-state index in [0.29, 0.717) is 24.8 Å². The van der Waals surface area contributed by atoms with Crippen molar-refractivity contribution in [1.29, 1.82) is 0 Å². The first kappa shape index (κ1) is 16.6. The van der Waals surface area contributed by atoms with Crippen molar-refractivity contribution in [3.05, 3.63) is 29.8 Å². The van der Waals surface area contributed by atoms with Gasteiger partial charge in [0.15, 0.2) is 15.8 Å². The average molecular weight is 325 g/mol. The summed E-state index contributed by atoms with van der Waals surface area (Å²) >= 11 is 0. The lowest BCUT2D eigenvalue weighted by molar-refractivity contribution is 0.410. The van der Waals surface area contributed by atoms with E-state index < -0.39 is 9.84 Å². The molecule has 0 spiro atoms. The zero-order chi connectivity index (χ0) is 16.0. The third kappa shape index (κ3) is 4.91. The Morgan fingerprint density at radius 2 is 2.23 bits per heavy atom. The highest BCUT2D eigenvalue weighted by Gasteiger charge is 2.24. The number of sulfone groups is 1. The molecule has 7 heteroatoms. The molecule has 1 aliphatic heterocycles. The first-order valence-corrected chi connectivity index (χ1v) is 9.18. The van der Waals surface area contributed by atoms with E-state index >= 15 is 0 Å². The summed E-state index contributed by atoms with van der Waals surface area (Å²) in [6.07, 6.45) is 1.64. The predicted molar refractivity (Wildman–Crippen MR) is 87.7 cm³/mol. The highest BCUT2D eigenvalue weighted by Crippen LogP contribution is 2.18. The van der Waals surface area contributed by atoms with Crippen LogP contribution in [-0.2, 0) is 16.4 Å². The molecule has 1 aliphatic rings. The zero-order valence-corrected chi connectivity index (χ0v) is 13.6. The number of rotatable bonds is 5. The van der Waals surface area contributed by atoms with Crippen LogP contribution >= 0.6 is 0 Å². The molecule has 2 rings (SSSR count). The first-order valence-electron chi connectivity index (χ1n) is 7.36. The lowest BCUT2D eigenvalue weighted by Gasteiger charge is -2.22. The van der Waals surface area contributed by atoms with Crippen molar-refractivity contribution in [2.75, 3.05) is 25.2 Å². The third-order valence-electron chi connectivity index (χ3n) is 3.74. The van der Waals surface area contributed by atoms with Gasteiger partial charge in [0, 0.05) is 12.1 Å². The van der Waals surface area contributed by atoms with Crippen molar-refractivity contribution in [2.45, 2.75) is 19.4 Å². The molecule has 122 valence electrons. The molecule has 1 heterocycles. The number of hydrogen-bond donors (Lipinski definition) is 2. The summed E-state index contributed by atoms with van der Waals surface area (Å²) in [5.74, 6) is 1.76. The van der Waals surface area contributed by atoms with Gasteiger partial charge < -0.3 is 15.8 Å². The molecule has 0 radical (unpaired) electrons. The summed E-state index contributed by atoms with van der Waals surface area (Å²) < 4.78 is 28.4. The van der Waals surface area contributed by atoms with Gasteiger partial charge in [0.25, 0.3) is 0 Å². The van der Waals surface area contributed by atoms with Crippen LogP contribution in [0, 0.1) is 5.92 Å². The quantitative estimate of drug-likeness (QED) is 0.620. The summed E-state index contributed by atoms with van der Waals surface area (Å²) in [6.45, 7) is 0.965. The highest BCUT2D eigenvalue weighted by atomic mass is 32.2. The standard InChI is InChI=1S/C15H23N3O3S/c1-21-14-7-3-2-6-13(14)10-18-15(16)17-9-12-5-4-8-22(19,20)11-12/h2-3,6-7,12H,4-5,8-11H2,1H3,(H3,16,17,18). The number of para-hydroxylation sites is 1. The molecular weight excluding hydrogens is 302 g/mol. The Kier molecular flexibility index (Phi) is 5.65. The summed E-state index contributed by atoms with van der Waals surface area (Å²) in [5.41, 5.74) is 6.80. The number of ether oxygens (including phenoxy) is 1. The molecule has 1 aromatic carbocycles. The van der Waals surface area contributed by atoms with Gasteiger partial charge >= 0.3 is 0 Å². The van der Waals surface area contributed by atoms with Gasteiger partial charge in [0.2, 0.25) is 0 Å². The lowest BCUT2D eigenvalue weighted by atomic mass is 10.1. The van der Waals surface area contributed by atoms with Crippen molar-refractivity contribution in [3.8, 4) is 5.75 Å². The summed E-state index contributed by atoms with van der Waals surface area (Å²) in [6, 6.07) is 7.63. The van der Waals surface area contributed by atoms with E-state index in [4.69, 9.17) is 10.5 Å². The second kappa shape index (κ2) is 7.49. The van der Waals surface area contributed by atoms with Crippen molar-refractivity contribution < 1.29 is 13.2 Å². The number of nitrogens with one attached hydrogen (secondary N) is 1. The van der Waals surface area contributed by atoms with Crippen LogP contribution in [0.1, 0.15) is 18.4 Å². The number of benzene rings is 1. The van der Waals surface area contributed by atoms with Gasteiger partial charge in [-0.2, -0.15) is 0 Å². The summed E-state index contributed by atoms with van der Waals surface area (Å²) in [7, 11) is -1.26. The maximum Gasteiger partial charge on any atom is 0.188 e. The molecule has 0 amide bonds. The molecule has 3 N–H and O–H groups in total. The predicted octanol–water partition coefficient (Wildman–Crippen LogP) is 0.924. The van der Waals surface area contributed by atoms with Crippen LogP contribution in [0.25, 0.3) is 0 Å². The largest absolute Gasteiger partial charge is 0.496 e. The molecule has 0 aromatic heterocycles. The fourth-order valence-electron chi connectivity index (χ4n) is 2.59. The topological polar surface area (TPSA) is 93.8 Å². The monoisotopic (exact) mass is 325 g/mol. The first-order chi connectivity index (χ1) is 10.5. The number of guanidine groups is 1. The minimum Gasteiger partial charge on any atom is -0.496 e. The second-order valence-electron chi connectivity index (χ2n) is 5.52. The molecule has 22 heavy (non-hydrogen) atoms. The van der Waals surface area contributed by atoms with Gasteiger partial charge in [0.05, 0.1) is 25.2 Å². The fraction of sp³-hybridized carbons (Fsp3) is 0.533. The summed E-state index contributed by atoms with van der Waals surface area (Å²) in [4.78, 5) is 4.28. The Labute approximate surface area is 131 Å². The van der Waals surface area contributed by atoms with E-state index in [1.807, 2.05) is 24.3 Å². The molecule has 1 saturated heterocycles. The number of aliphatic imine (C=N–C) groups is 1. The number of methoxy groups -OCH3 is 1. The van der Waals surface area contributed by atoms with Crippen LogP contribution in [-0.4, -0.2) is 39.5 Å². The Morgan fingerprint density at radius 1 is 1.45 bits per heavy atom. The molecule has 0 saturated carbocycles. The molecule has 1 unspecified atom stereocenters. The van der Waals surface area contributed by atoms with E-state index in [1.165, 1.54) is 0 Å². The average Bonchev–Trinajstić information content (AvgIpc) is 2.50. The van der Waals surface area contributed by atoms with Crippen molar-refractivity contribution >= 4 is 15.8 Å². The Hall–Kier alpha value is -1.76. The van der Waals surface area contributed by atoms with Crippen LogP contribution in [0.4, 0.5) is 0 Å². The fourth-order valence-corrected chi connectivity index (χ4v) is 4.36. The second-order valence-corrected chi connectivity index (χ2v) is 7.75. The maximum atomic E-state index is 11.6. The Balaban J connectivity index is 1.85. The van der Waals surface area contributed by atoms with Gasteiger partial charge in [-0.05, 0) is 24.8 Å². The van der Waals surface area contributed by atoms with Crippen molar-refractivity contribution in [2.24, 2.45) is 16.6 Å². The summed E-state index contributed by atoms with van der Waals surface area (Å²) in [5, 5.41) is 3.02. The van der Waals surface area contributed by atoms with Crippen molar-refractivity contribution in [3.63, 3.8) is 0 Å². The maximum absolute atomic E-state index is 11.6. The van der Waals surface area contributed by atoms with Gasteiger partial charge in [-0.3, -0.25) is 0 Å². The third-order valence-corrected chi connectivity index (χ3v) is 5.63. The van der Waals surface area contributed by atoms with Crippen LogP contribution in [0.3, 0.4) is 0 Å². The van der Waals surface area contributed by atoms with Gasteiger partial charge in [-0.25, -0.2) is 13.4 Å². The Bertz CT molecular complexity index is 629. The zero-order valence-electron chi connectivity index (χ0n) is 12.8. The number of nitrogens with two attached hydrogens (primary N) is 1. The number of hydrogen-bond acceptors (Lipinski definition) is 4. The van der Waals surface area contributed by atoms with E-state index in [0.717, 1.165) is 24.2 Å². The van der Waals surface area contributed by atoms with Gasteiger partial charge in [-0.15, -0.1) is 0 Å². The normalized spacial score (nSPS) is 21.3. The molecule has 6 nitrogen and oxygen atoms in total. The highest BCUT2D eigenvalue weighted by molar-refractivity contribution is 7.91. The smallest absolute Gasteiger partial charge is 0.188 e. The molecule has 1 atom stereocenters. The van der Waals surface area contributed by atoms with E-state index in [1.54, 1.807) is 7.11 Å². The van der Waals surface area contributed by atoms with Crippen LogP contribution in [0.15, 0.2) is 29.3 Å². The number of nitrogens with zero attached hydrogens (tertiary/aromatic N) is 1.